The summed E-state index contributed by atoms with van der Waals surface area (Å²) in [6.45, 7) is 5.31. The fourth-order valence-corrected chi connectivity index (χ4v) is 3.22. The van der Waals surface area contributed by atoms with Crippen LogP contribution in [-0.2, 0) is 9.47 Å². The number of hydrogen-bond donors (Lipinski definition) is 1. The Balaban J connectivity index is 1.69. The van der Waals surface area contributed by atoms with Crippen LogP contribution in [0.5, 0.6) is 0 Å². The van der Waals surface area contributed by atoms with E-state index in [0.29, 0.717) is 18.2 Å². The molecule has 0 saturated carbocycles. The standard InChI is InChI=1S/C16H31NO2/c1-2-10-17-14(8-9-15-7-5-12-18-15)13-16-6-3-4-11-19-16/h14-17H,2-13H2,1H3. The van der Waals surface area contributed by atoms with E-state index in [1.54, 1.807) is 0 Å². The van der Waals surface area contributed by atoms with E-state index in [1.807, 2.05) is 0 Å². The predicted octanol–water partition coefficient (Wildman–Crippen LogP) is 3.27. The monoisotopic (exact) mass is 269 g/mol. The topological polar surface area (TPSA) is 30.5 Å². The Hall–Kier alpha value is -0.120. The van der Waals surface area contributed by atoms with Gasteiger partial charge in [-0.1, -0.05) is 6.92 Å². The highest BCUT2D eigenvalue weighted by Gasteiger charge is 2.21. The third-order valence-electron chi connectivity index (χ3n) is 4.37. The summed E-state index contributed by atoms with van der Waals surface area (Å²) in [5.74, 6) is 0. The van der Waals surface area contributed by atoms with Crippen molar-refractivity contribution in [2.45, 2.75) is 83.0 Å². The fourth-order valence-electron chi connectivity index (χ4n) is 3.22. The van der Waals surface area contributed by atoms with Gasteiger partial charge in [0.1, 0.15) is 0 Å². The van der Waals surface area contributed by atoms with Crippen molar-refractivity contribution in [1.82, 2.24) is 5.32 Å². The second kappa shape index (κ2) is 8.93. The Bertz CT molecular complexity index is 223. The fraction of sp³-hybridized carbons (Fsp3) is 1.00. The Labute approximate surface area is 118 Å². The van der Waals surface area contributed by atoms with Gasteiger partial charge >= 0.3 is 0 Å². The van der Waals surface area contributed by atoms with E-state index in [-0.39, 0.29) is 0 Å². The Morgan fingerprint density at radius 1 is 1.05 bits per heavy atom. The average molecular weight is 269 g/mol. The summed E-state index contributed by atoms with van der Waals surface area (Å²) in [6.07, 6.45) is 12.2. The molecular weight excluding hydrogens is 238 g/mol. The van der Waals surface area contributed by atoms with Gasteiger partial charge in [-0.15, -0.1) is 0 Å². The molecule has 2 aliphatic heterocycles. The Morgan fingerprint density at radius 3 is 2.53 bits per heavy atom. The van der Waals surface area contributed by atoms with Crippen LogP contribution in [0.4, 0.5) is 0 Å². The van der Waals surface area contributed by atoms with Crippen LogP contribution >= 0.6 is 0 Å². The molecule has 1 N–H and O–H groups in total. The van der Waals surface area contributed by atoms with Crippen LogP contribution in [0.25, 0.3) is 0 Å². The lowest BCUT2D eigenvalue weighted by Crippen LogP contribution is -2.35. The smallest absolute Gasteiger partial charge is 0.0590 e. The molecule has 2 fully saturated rings. The SMILES string of the molecule is CCCNC(CCC1CCCO1)CC1CCCCO1. The number of rotatable bonds is 8. The molecule has 19 heavy (non-hydrogen) atoms. The summed E-state index contributed by atoms with van der Waals surface area (Å²) in [7, 11) is 0. The summed E-state index contributed by atoms with van der Waals surface area (Å²) < 4.78 is 11.6. The normalized spacial score (nSPS) is 29.5. The molecule has 2 saturated heterocycles. The van der Waals surface area contributed by atoms with Crippen molar-refractivity contribution in [3.63, 3.8) is 0 Å². The zero-order valence-corrected chi connectivity index (χ0v) is 12.5. The van der Waals surface area contributed by atoms with Crippen molar-refractivity contribution in [2.24, 2.45) is 0 Å². The number of nitrogens with one attached hydrogen (secondary N) is 1. The lowest BCUT2D eigenvalue weighted by molar-refractivity contribution is 0.00344. The molecule has 112 valence electrons. The quantitative estimate of drug-likeness (QED) is 0.733. The molecule has 3 heteroatoms. The van der Waals surface area contributed by atoms with Crippen molar-refractivity contribution in [3.8, 4) is 0 Å². The van der Waals surface area contributed by atoms with Crippen molar-refractivity contribution in [2.75, 3.05) is 19.8 Å². The van der Waals surface area contributed by atoms with Gasteiger partial charge in [0.25, 0.3) is 0 Å². The molecule has 0 amide bonds. The van der Waals surface area contributed by atoms with Gasteiger partial charge in [-0.3, -0.25) is 0 Å². The second-order valence-electron chi connectivity index (χ2n) is 6.09. The maximum Gasteiger partial charge on any atom is 0.0590 e. The third-order valence-corrected chi connectivity index (χ3v) is 4.37. The van der Waals surface area contributed by atoms with E-state index in [0.717, 1.165) is 19.8 Å². The molecule has 2 heterocycles. The van der Waals surface area contributed by atoms with E-state index >= 15 is 0 Å². The van der Waals surface area contributed by atoms with Gasteiger partial charge in [0.15, 0.2) is 0 Å². The minimum atomic E-state index is 0.493. The number of hydrogen-bond acceptors (Lipinski definition) is 3. The minimum absolute atomic E-state index is 0.493. The van der Waals surface area contributed by atoms with Gasteiger partial charge in [0.05, 0.1) is 12.2 Å². The summed E-state index contributed by atoms with van der Waals surface area (Å²) >= 11 is 0. The van der Waals surface area contributed by atoms with Crippen LogP contribution in [0.15, 0.2) is 0 Å². The molecule has 3 nitrogen and oxygen atoms in total. The van der Waals surface area contributed by atoms with Gasteiger partial charge in [-0.2, -0.15) is 0 Å². The molecule has 0 radical (unpaired) electrons. The maximum absolute atomic E-state index is 5.89. The van der Waals surface area contributed by atoms with E-state index < -0.39 is 0 Å². The molecular formula is C16H31NO2. The van der Waals surface area contributed by atoms with Crippen LogP contribution in [0.1, 0.15) is 64.7 Å². The zero-order chi connectivity index (χ0) is 13.3. The lowest BCUT2D eigenvalue weighted by atomic mass is 9.97. The van der Waals surface area contributed by atoms with Crippen LogP contribution in [0.2, 0.25) is 0 Å². The zero-order valence-electron chi connectivity index (χ0n) is 12.5. The van der Waals surface area contributed by atoms with Crippen molar-refractivity contribution in [1.29, 1.82) is 0 Å². The summed E-state index contributed by atoms with van der Waals surface area (Å²) in [5, 5.41) is 3.71. The maximum atomic E-state index is 5.89. The molecule has 3 atom stereocenters. The van der Waals surface area contributed by atoms with E-state index in [1.165, 1.54) is 57.8 Å². The Kier molecular flexibility index (Phi) is 7.18. The molecule has 0 aromatic carbocycles. The predicted molar refractivity (Wildman–Crippen MR) is 78.5 cm³/mol. The Morgan fingerprint density at radius 2 is 1.84 bits per heavy atom. The van der Waals surface area contributed by atoms with E-state index in [4.69, 9.17) is 9.47 Å². The van der Waals surface area contributed by atoms with Crippen molar-refractivity contribution < 1.29 is 9.47 Å². The van der Waals surface area contributed by atoms with Crippen molar-refractivity contribution >= 4 is 0 Å². The lowest BCUT2D eigenvalue weighted by Gasteiger charge is -2.28. The minimum Gasteiger partial charge on any atom is -0.378 e. The average Bonchev–Trinajstić information content (AvgIpc) is 2.96. The van der Waals surface area contributed by atoms with Gasteiger partial charge in [-0.05, 0) is 64.3 Å². The van der Waals surface area contributed by atoms with E-state index in [9.17, 15) is 0 Å². The van der Waals surface area contributed by atoms with Crippen molar-refractivity contribution in [3.05, 3.63) is 0 Å². The first-order valence-corrected chi connectivity index (χ1v) is 8.35. The molecule has 0 aromatic rings. The highest BCUT2D eigenvalue weighted by molar-refractivity contribution is 4.77. The molecule has 2 rings (SSSR count). The van der Waals surface area contributed by atoms with Crippen LogP contribution < -0.4 is 5.32 Å². The van der Waals surface area contributed by atoms with Gasteiger partial charge in [0.2, 0.25) is 0 Å². The molecule has 0 aromatic heterocycles. The first-order chi connectivity index (χ1) is 9.38. The molecule has 0 bridgehead atoms. The second-order valence-corrected chi connectivity index (χ2v) is 6.09. The largest absolute Gasteiger partial charge is 0.378 e. The van der Waals surface area contributed by atoms with Crippen LogP contribution in [0, 0.1) is 0 Å². The molecule has 2 aliphatic rings. The molecule has 0 aliphatic carbocycles. The third kappa shape index (κ3) is 5.80. The highest BCUT2D eigenvalue weighted by Crippen LogP contribution is 2.22. The molecule has 3 unspecified atom stereocenters. The van der Waals surface area contributed by atoms with Gasteiger partial charge in [0, 0.05) is 19.3 Å². The molecule has 0 spiro atoms. The van der Waals surface area contributed by atoms with Crippen LogP contribution in [0.3, 0.4) is 0 Å². The van der Waals surface area contributed by atoms with E-state index in [2.05, 4.69) is 12.2 Å². The highest BCUT2D eigenvalue weighted by atomic mass is 16.5. The first kappa shape index (κ1) is 15.3. The first-order valence-electron chi connectivity index (χ1n) is 8.35. The van der Waals surface area contributed by atoms with Gasteiger partial charge in [-0.25, -0.2) is 0 Å². The summed E-state index contributed by atoms with van der Waals surface area (Å²) in [6, 6.07) is 0.618. The van der Waals surface area contributed by atoms with Crippen LogP contribution in [-0.4, -0.2) is 38.0 Å². The summed E-state index contributed by atoms with van der Waals surface area (Å²) in [5.41, 5.74) is 0. The number of ether oxygens (including phenoxy) is 2. The van der Waals surface area contributed by atoms with Gasteiger partial charge < -0.3 is 14.8 Å². The summed E-state index contributed by atoms with van der Waals surface area (Å²) in [4.78, 5) is 0.